The molecule has 0 spiro atoms. The molecular formula is C21H25FN6O2. The number of urea groups is 1. The van der Waals surface area contributed by atoms with Crippen LogP contribution in [0, 0.1) is 11.7 Å². The van der Waals surface area contributed by atoms with Gasteiger partial charge in [-0.3, -0.25) is 15.0 Å². The lowest BCUT2D eigenvalue weighted by Gasteiger charge is -2.35. The third kappa shape index (κ3) is 3.79. The lowest BCUT2D eigenvalue weighted by molar-refractivity contribution is 0.0925. The first-order valence-corrected chi connectivity index (χ1v) is 10.1. The number of carbonyl (C=O) groups excluding carboxylic acids is 2. The first kappa shape index (κ1) is 20.1. The van der Waals surface area contributed by atoms with E-state index >= 15 is 0 Å². The summed E-state index contributed by atoms with van der Waals surface area (Å²) in [5.41, 5.74) is 1.08. The van der Waals surface area contributed by atoms with Crippen LogP contribution in [0.25, 0.3) is 0 Å². The van der Waals surface area contributed by atoms with Crippen LogP contribution in [0.1, 0.15) is 37.7 Å². The molecule has 1 fully saturated rings. The molecule has 4 rings (SSSR count). The summed E-state index contributed by atoms with van der Waals surface area (Å²) in [6, 6.07) is 5.72. The molecule has 0 aromatic carbocycles. The molecular weight excluding hydrogens is 387 g/mol. The second kappa shape index (κ2) is 7.89. The van der Waals surface area contributed by atoms with Gasteiger partial charge in [0.2, 0.25) is 0 Å². The van der Waals surface area contributed by atoms with Gasteiger partial charge >= 0.3 is 6.03 Å². The van der Waals surface area contributed by atoms with Crippen LogP contribution in [0.3, 0.4) is 0 Å². The molecule has 2 N–H and O–H groups in total. The minimum absolute atomic E-state index is 0.000727. The monoisotopic (exact) mass is 412 g/mol. The van der Waals surface area contributed by atoms with Crippen LogP contribution in [0.5, 0.6) is 0 Å². The molecule has 9 heteroatoms. The van der Waals surface area contributed by atoms with Crippen molar-refractivity contribution in [3.05, 3.63) is 42.0 Å². The summed E-state index contributed by atoms with van der Waals surface area (Å²) in [7, 11) is 0. The van der Waals surface area contributed by atoms with E-state index in [2.05, 4.69) is 25.5 Å². The number of anilines is 3. The molecule has 2 aromatic rings. The Balaban J connectivity index is 1.62. The Labute approximate surface area is 174 Å². The number of carbonyl (C=O) groups is 2. The number of pyridine rings is 2. The number of hydrogen-bond acceptors (Lipinski definition) is 5. The van der Waals surface area contributed by atoms with Crippen molar-refractivity contribution in [2.45, 2.75) is 39.3 Å². The minimum Gasteiger partial charge on any atom is -0.366 e. The zero-order valence-electron chi connectivity index (χ0n) is 17.2. The van der Waals surface area contributed by atoms with E-state index in [1.807, 2.05) is 26.8 Å². The highest BCUT2D eigenvalue weighted by Crippen LogP contribution is 2.39. The summed E-state index contributed by atoms with van der Waals surface area (Å²) in [5, 5.41) is 5.66. The Morgan fingerprint density at radius 3 is 2.70 bits per heavy atom. The van der Waals surface area contributed by atoms with Crippen molar-refractivity contribution in [2.75, 3.05) is 28.2 Å². The summed E-state index contributed by atoms with van der Waals surface area (Å²) in [6.07, 6.45) is 1.85. The van der Waals surface area contributed by atoms with Gasteiger partial charge in [-0.05, 0) is 43.5 Å². The number of aromatic nitrogens is 2. The molecule has 1 saturated heterocycles. The molecule has 0 saturated carbocycles. The van der Waals surface area contributed by atoms with Gasteiger partial charge in [0.05, 0.1) is 17.9 Å². The van der Waals surface area contributed by atoms with Crippen molar-refractivity contribution in [3.63, 3.8) is 0 Å². The second-order valence-electron chi connectivity index (χ2n) is 8.10. The number of nitrogens with zero attached hydrogens (tertiary/aromatic N) is 4. The van der Waals surface area contributed by atoms with Gasteiger partial charge in [0.15, 0.2) is 5.82 Å². The fourth-order valence-corrected chi connectivity index (χ4v) is 3.66. The largest absolute Gasteiger partial charge is 0.366 e. The Bertz CT molecular complexity index is 964. The zero-order valence-corrected chi connectivity index (χ0v) is 17.2. The number of halogens is 1. The van der Waals surface area contributed by atoms with E-state index in [4.69, 9.17) is 0 Å². The first-order valence-electron chi connectivity index (χ1n) is 10.1. The number of nitrogens with one attached hydrogen (secondary N) is 2. The highest BCUT2D eigenvalue weighted by atomic mass is 19.1. The van der Waals surface area contributed by atoms with Gasteiger partial charge in [0, 0.05) is 19.1 Å². The third-order valence-electron chi connectivity index (χ3n) is 5.72. The van der Waals surface area contributed by atoms with Crippen LogP contribution in [-0.2, 0) is 0 Å². The molecule has 2 bridgehead atoms. The normalized spacial score (nSPS) is 18.2. The quantitative estimate of drug-likeness (QED) is 0.806. The Hall–Kier alpha value is -3.23. The number of amides is 3. The first-order chi connectivity index (χ1) is 14.3. The molecule has 30 heavy (non-hydrogen) atoms. The standard InChI is InChI=1S/C21H25FN6O2/c1-12(2)13(3)24-20(29)16-5-6-17-19(25-16)28(15-8-9-27(17)11-15)21(30)26-18-7-4-14(22)10-23-18/h4-7,10,12-13,15H,8-9,11H2,1-3H3,(H,24,29)(H,23,26,30)/t13?,15-/m0/s1. The van der Waals surface area contributed by atoms with Crippen LogP contribution in [0.15, 0.2) is 30.5 Å². The van der Waals surface area contributed by atoms with Gasteiger partial charge in [-0.25, -0.2) is 19.2 Å². The molecule has 0 radical (unpaired) electrons. The van der Waals surface area contributed by atoms with E-state index in [9.17, 15) is 14.0 Å². The summed E-state index contributed by atoms with van der Waals surface area (Å²) in [6.45, 7) is 7.53. The molecule has 158 valence electrons. The lowest BCUT2D eigenvalue weighted by Crippen LogP contribution is -2.48. The van der Waals surface area contributed by atoms with E-state index < -0.39 is 11.8 Å². The Morgan fingerprint density at radius 1 is 1.20 bits per heavy atom. The number of rotatable bonds is 4. The van der Waals surface area contributed by atoms with Crippen LogP contribution >= 0.6 is 0 Å². The molecule has 2 aliphatic rings. The van der Waals surface area contributed by atoms with Gasteiger partial charge < -0.3 is 10.2 Å². The summed E-state index contributed by atoms with van der Waals surface area (Å²) in [5.74, 6) is 0.249. The van der Waals surface area contributed by atoms with E-state index in [-0.39, 0.29) is 29.5 Å². The Morgan fingerprint density at radius 2 is 2.00 bits per heavy atom. The van der Waals surface area contributed by atoms with E-state index in [0.29, 0.717) is 18.3 Å². The molecule has 2 atom stereocenters. The van der Waals surface area contributed by atoms with Crippen molar-refractivity contribution >= 4 is 29.3 Å². The van der Waals surface area contributed by atoms with E-state index in [0.717, 1.165) is 24.8 Å². The number of hydrogen-bond donors (Lipinski definition) is 2. The maximum atomic E-state index is 13.1. The van der Waals surface area contributed by atoms with Crippen LogP contribution in [-0.4, -0.2) is 47.1 Å². The molecule has 4 heterocycles. The van der Waals surface area contributed by atoms with Crippen molar-refractivity contribution in [3.8, 4) is 0 Å². The van der Waals surface area contributed by atoms with Crippen molar-refractivity contribution in [2.24, 2.45) is 5.92 Å². The van der Waals surface area contributed by atoms with Gasteiger partial charge in [0.1, 0.15) is 17.3 Å². The highest BCUT2D eigenvalue weighted by Gasteiger charge is 2.40. The summed E-state index contributed by atoms with van der Waals surface area (Å²) in [4.78, 5) is 38.0. The van der Waals surface area contributed by atoms with Crippen molar-refractivity contribution < 1.29 is 14.0 Å². The van der Waals surface area contributed by atoms with Gasteiger partial charge in [-0.1, -0.05) is 13.8 Å². The maximum absolute atomic E-state index is 13.1. The summed E-state index contributed by atoms with van der Waals surface area (Å²) < 4.78 is 13.1. The summed E-state index contributed by atoms with van der Waals surface area (Å²) >= 11 is 0. The van der Waals surface area contributed by atoms with Gasteiger partial charge in [-0.15, -0.1) is 0 Å². The average Bonchev–Trinajstić information content (AvgIpc) is 3.13. The SMILES string of the molecule is CC(C)C(C)NC(=O)c1ccc2c(n1)N(C(=O)Nc1ccc(F)cn1)[C@H]1CCN2C1. The molecule has 0 aliphatic carbocycles. The van der Waals surface area contributed by atoms with Gasteiger partial charge in [-0.2, -0.15) is 0 Å². The predicted molar refractivity (Wildman–Crippen MR) is 112 cm³/mol. The third-order valence-corrected chi connectivity index (χ3v) is 5.72. The molecule has 2 aromatic heterocycles. The number of fused-ring (bicyclic) bond motifs is 4. The molecule has 8 nitrogen and oxygen atoms in total. The zero-order chi connectivity index (χ0) is 21.4. The topological polar surface area (TPSA) is 90.5 Å². The van der Waals surface area contributed by atoms with E-state index in [1.54, 1.807) is 11.0 Å². The van der Waals surface area contributed by atoms with E-state index in [1.165, 1.54) is 12.1 Å². The fraction of sp³-hybridized carbons (Fsp3) is 0.429. The highest BCUT2D eigenvalue weighted by molar-refractivity contribution is 6.05. The van der Waals surface area contributed by atoms with Crippen molar-refractivity contribution in [1.29, 1.82) is 0 Å². The Kier molecular flexibility index (Phi) is 5.27. The smallest absolute Gasteiger partial charge is 0.329 e. The van der Waals surface area contributed by atoms with Crippen LogP contribution in [0.2, 0.25) is 0 Å². The fourth-order valence-electron chi connectivity index (χ4n) is 3.66. The molecule has 2 aliphatic heterocycles. The predicted octanol–water partition coefficient (Wildman–Crippen LogP) is 3.02. The maximum Gasteiger partial charge on any atom is 0.329 e. The van der Waals surface area contributed by atoms with Gasteiger partial charge in [0.25, 0.3) is 5.91 Å². The second-order valence-corrected chi connectivity index (χ2v) is 8.10. The molecule has 1 unspecified atom stereocenters. The minimum atomic E-state index is -0.476. The van der Waals surface area contributed by atoms with Crippen molar-refractivity contribution in [1.82, 2.24) is 15.3 Å². The lowest BCUT2D eigenvalue weighted by atomic mass is 10.1. The molecule has 3 amide bonds. The average molecular weight is 412 g/mol. The van der Waals surface area contributed by atoms with Crippen LogP contribution < -0.4 is 20.4 Å². The van der Waals surface area contributed by atoms with Crippen LogP contribution in [0.4, 0.5) is 26.5 Å².